The second-order valence-corrected chi connectivity index (χ2v) is 7.65. The van der Waals surface area contributed by atoms with E-state index in [1.807, 2.05) is 11.0 Å². The zero-order valence-corrected chi connectivity index (χ0v) is 15.5. The number of rotatable bonds is 4. The van der Waals surface area contributed by atoms with Gasteiger partial charge in [-0.05, 0) is 37.5 Å². The topological polar surface area (TPSA) is 117 Å². The van der Waals surface area contributed by atoms with Crippen LogP contribution < -0.4 is 10.6 Å². The van der Waals surface area contributed by atoms with Crippen LogP contribution in [0.2, 0.25) is 0 Å². The minimum atomic E-state index is -0.739. The van der Waals surface area contributed by atoms with Crippen molar-refractivity contribution in [2.45, 2.75) is 43.4 Å². The molecule has 3 heterocycles. The smallest absolute Gasteiger partial charge is 0.244 e. The van der Waals surface area contributed by atoms with E-state index in [1.165, 1.54) is 0 Å². The van der Waals surface area contributed by atoms with E-state index in [2.05, 4.69) is 12.1 Å². The van der Waals surface area contributed by atoms with Gasteiger partial charge in [0.1, 0.15) is 6.04 Å². The Hall–Kier alpha value is -2.94. The predicted octanol–water partition coefficient (Wildman–Crippen LogP) is 0.190. The molecule has 2 amide bonds. The van der Waals surface area contributed by atoms with Gasteiger partial charge in [0.2, 0.25) is 11.8 Å². The zero-order valence-electron chi connectivity index (χ0n) is 15.5. The molecule has 3 aliphatic rings. The van der Waals surface area contributed by atoms with Gasteiger partial charge in [-0.15, -0.1) is 0 Å². The van der Waals surface area contributed by atoms with Gasteiger partial charge in [0, 0.05) is 25.3 Å². The highest BCUT2D eigenvalue weighted by Gasteiger charge is 2.50. The second kappa shape index (κ2) is 7.23. The lowest BCUT2D eigenvalue weighted by Crippen LogP contribution is -2.56. The summed E-state index contributed by atoms with van der Waals surface area (Å²) in [6.07, 6.45) is 2.21. The van der Waals surface area contributed by atoms with Crippen molar-refractivity contribution >= 4 is 17.5 Å². The van der Waals surface area contributed by atoms with Gasteiger partial charge >= 0.3 is 0 Å². The van der Waals surface area contributed by atoms with E-state index in [-0.39, 0.29) is 23.9 Å². The van der Waals surface area contributed by atoms with E-state index in [1.54, 1.807) is 28.0 Å². The van der Waals surface area contributed by atoms with Crippen LogP contribution in [0.25, 0.3) is 0 Å². The summed E-state index contributed by atoms with van der Waals surface area (Å²) in [5.41, 5.74) is 7.42. The molecule has 8 heteroatoms. The molecule has 2 bridgehead atoms. The largest absolute Gasteiger partial charge is 0.325 e. The molecule has 0 saturated carbocycles. The maximum atomic E-state index is 12.9. The summed E-state index contributed by atoms with van der Waals surface area (Å²) in [7, 11) is 0. The number of nitrogens with two attached hydrogens (primary N) is 1. The fourth-order valence-corrected chi connectivity index (χ4v) is 4.64. The highest BCUT2D eigenvalue weighted by atomic mass is 16.2. The number of amides is 2. The Kier molecular flexibility index (Phi) is 4.76. The maximum absolute atomic E-state index is 12.9. The summed E-state index contributed by atoms with van der Waals surface area (Å²) >= 11 is 0. The van der Waals surface area contributed by atoms with Crippen molar-refractivity contribution < 1.29 is 9.59 Å². The Morgan fingerprint density at radius 3 is 2.89 bits per heavy atom. The number of anilines is 1. The zero-order chi connectivity index (χ0) is 19.8. The van der Waals surface area contributed by atoms with E-state index in [0.717, 1.165) is 12.1 Å². The lowest BCUT2D eigenvalue weighted by atomic mass is 10.1. The Morgan fingerprint density at radius 1 is 1.36 bits per heavy atom. The number of carbonyl (C=O) groups excluding carboxylic acids is 2. The normalized spacial score (nSPS) is 27.7. The number of nitriles is 2. The average Bonchev–Trinajstić information content (AvgIpc) is 3.41. The molecule has 0 spiro atoms. The Morgan fingerprint density at radius 2 is 2.18 bits per heavy atom. The first-order valence-corrected chi connectivity index (χ1v) is 9.56. The van der Waals surface area contributed by atoms with Crippen LogP contribution in [0.1, 0.15) is 24.8 Å². The van der Waals surface area contributed by atoms with Gasteiger partial charge in [-0.1, -0.05) is 6.07 Å². The lowest BCUT2D eigenvalue weighted by Gasteiger charge is -2.35. The first kappa shape index (κ1) is 18.4. The van der Waals surface area contributed by atoms with Gasteiger partial charge in [-0.25, -0.2) is 0 Å². The van der Waals surface area contributed by atoms with Crippen molar-refractivity contribution in [1.29, 1.82) is 10.5 Å². The van der Waals surface area contributed by atoms with Crippen molar-refractivity contribution in [3.05, 3.63) is 29.8 Å². The van der Waals surface area contributed by atoms with Crippen LogP contribution in [0.4, 0.5) is 5.69 Å². The monoisotopic (exact) mass is 378 g/mol. The SMILES string of the molecule is N#Cc1cccc(N2C(=O)[C@@H]3CC2CN3CC(N)C(=O)N2CCCC2C#N)c1. The van der Waals surface area contributed by atoms with Crippen LogP contribution >= 0.6 is 0 Å². The second-order valence-electron chi connectivity index (χ2n) is 7.65. The molecule has 4 atom stereocenters. The maximum Gasteiger partial charge on any atom is 0.244 e. The average molecular weight is 378 g/mol. The van der Waals surface area contributed by atoms with Crippen molar-refractivity contribution in [1.82, 2.24) is 9.80 Å². The molecule has 144 valence electrons. The lowest BCUT2D eigenvalue weighted by molar-refractivity contribution is -0.134. The van der Waals surface area contributed by atoms with Gasteiger partial charge in [-0.2, -0.15) is 10.5 Å². The van der Waals surface area contributed by atoms with E-state index in [0.29, 0.717) is 38.0 Å². The number of hydrogen-bond donors (Lipinski definition) is 1. The van der Waals surface area contributed by atoms with Crippen LogP contribution in [0.3, 0.4) is 0 Å². The molecule has 1 aromatic rings. The summed E-state index contributed by atoms with van der Waals surface area (Å²) in [5.74, 6) is -0.222. The molecule has 3 fully saturated rings. The van der Waals surface area contributed by atoms with E-state index in [9.17, 15) is 14.9 Å². The van der Waals surface area contributed by atoms with E-state index >= 15 is 0 Å². The summed E-state index contributed by atoms with van der Waals surface area (Å²) in [5, 5.41) is 18.3. The highest BCUT2D eigenvalue weighted by Crippen LogP contribution is 2.36. The summed E-state index contributed by atoms with van der Waals surface area (Å²) < 4.78 is 0. The number of hydrogen-bond acceptors (Lipinski definition) is 6. The van der Waals surface area contributed by atoms with Gasteiger partial charge in [0.25, 0.3) is 0 Å². The minimum absolute atomic E-state index is 0.0120. The molecule has 1 aromatic carbocycles. The summed E-state index contributed by atoms with van der Waals surface area (Å²) in [4.78, 5) is 30.9. The Labute approximate surface area is 163 Å². The van der Waals surface area contributed by atoms with Gasteiger partial charge in [0.15, 0.2) is 0 Å². The number of carbonyl (C=O) groups is 2. The Bertz CT molecular complexity index is 887. The third kappa shape index (κ3) is 3.01. The summed E-state index contributed by atoms with van der Waals surface area (Å²) in [6, 6.07) is 9.93. The molecule has 2 N–H and O–H groups in total. The predicted molar refractivity (Wildman–Crippen MR) is 101 cm³/mol. The third-order valence-corrected chi connectivity index (χ3v) is 5.96. The van der Waals surface area contributed by atoms with Crippen molar-refractivity contribution in [2.75, 3.05) is 24.5 Å². The van der Waals surface area contributed by atoms with Crippen molar-refractivity contribution in [3.8, 4) is 12.1 Å². The van der Waals surface area contributed by atoms with Crippen LogP contribution in [-0.2, 0) is 9.59 Å². The van der Waals surface area contributed by atoms with E-state index in [4.69, 9.17) is 11.0 Å². The van der Waals surface area contributed by atoms with Crippen molar-refractivity contribution in [3.63, 3.8) is 0 Å². The molecule has 28 heavy (non-hydrogen) atoms. The van der Waals surface area contributed by atoms with Gasteiger partial charge in [-0.3, -0.25) is 14.5 Å². The molecule has 0 radical (unpaired) electrons. The molecule has 3 saturated heterocycles. The van der Waals surface area contributed by atoms with Crippen molar-refractivity contribution in [2.24, 2.45) is 5.73 Å². The number of likely N-dealkylation sites (tertiary alicyclic amines) is 2. The third-order valence-electron chi connectivity index (χ3n) is 5.96. The fraction of sp³-hybridized carbons (Fsp3) is 0.500. The van der Waals surface area contributed by atoms with Crippen LogP contribution in [0, 0.1) is 22.7 Å². The Balaban J connectivity index is 1.42. The fourth-order valence-electron chi connectivity index (χ4n) is 4.64. The highest BCUT2D eigenvalue weighted by molar-refractivity contribution is 6.01. The number of nitrogens with zero attached hydrogens (tertiary/aromatic N) is 5. The first-order valence-electron chi connectivity index (χ1n) is 9.56. The van der Waals surface area contributed by atoms with Crippen LogP contribution in [0.5, 0.6) is 0 Å². The summed E-state index contributed by atoms with van der Waals surface area (Å²) in [6.45, 7) is 1.53. The van der Waals surface area contributed by atoms with Gasteiger partial charge < -0.3 is 15.5 Å². The molecular formula is C20H22N6O2. The molecule has 0 aliphatic carbocycles. The standard InChI is InChI=1S/C20H22N6O2/c21-9-13-3-1-4-14(7-13)26-16-8-18(20(26)28)24(11-16)12-17(23)19(27)25-6-2-5-15(25)10-22/h1,3-4,7,15-18H,2,5-6,8,11-12,23H2/t15?,16?,17?,18-/m0/s1. The molecule has 4 rings (SSSR count). The number of benzene rings is 1. The quantitative estimate of drug-likeness (QED) is 0.799. The molecule has 8 nitrogen and oxygen atoms in total. The van der Waals surface area contributed by atoms with Crippen LogP contribution in [0.15, 0.2) is 24.3 Å². The molecular weight excluding hydrogens is 356 g/mol. The first-order chi connectivity index (χ1) is 13.5. The minimum Gasteiger partial charge on any atom is -0.325 e. The molecule has 3 aliphatic heterocycles. The van der Waals surface area contributed by atoms with Crippen LogP contribution in [-0.4, -0.2) is 65.4 Å². The van der Waals surface area contributed by atoms with E-state index < -0.39 is 12.1 Å². The van der Waals surface area contributed by atoms with Gasteiger partial charge in [0.05, 0.1) is 35.8 Å². The number of piperazine rings is 1. The molecule has 3 unspecified atom stereocenters. The molecule has 0 aromatic heterocycles. The number of fused-ring (bicyclic) bond motifs is 2.